The van der Waals surface area contributed by atoms with Gasteiger partial charge in [-0.1, -0.05) is 6.07 Å². The molecule has 3 rings (SSSR count). The van der Waals surface area contributed by atoms with Crippen molar-refractivity contribution in [1.29, 1.82) is 0 Å². The number of hydrogen-bond donors (Lipinski definition) is 0. The molecule has 0 saturated heterocycles. The number of benzene rings is 1. The molecular formula is C16H10O5S. The molecule has 0 unspecified atom stereocenters. The van der Waals surface area contributed by atoms with Gasteiger partial charge in [0, 0.05) is 11.5 Å². The summed E-state index contributed by atoms with van der Waals surface area (Å²) in [6.07, 6.45) is 0. The molecule has 2 heterocycles. The van der Waals surface area contributed by atoms with E-state index < -0.39 is 11.6 Å². The van der Waals surface area contributed by atoms with E-state index in [1.54, 1.807) is 29.6 Å². The third-order valence-electron chi connectivity index (χ3n) is 3.02. The number of carbonyl (C=O) groups is 2. The van der Waals surface area contributed by atoms with E-state index in [2.05, 4.69) is 0 Å². The third kappa shape index (κ3) is 2.68. The summed E-state index contributed by atoms with van der Waals surface area (Å²) in [4.78, 5) is 35.4. The number of ether oxygens (including phenoxy) is 1. The van der Waals surface area contributed by atoms with Crippen LogP contribution in [0.3, 0.4) is 0 Å². The Morgan fingerprint density at radius 3 is 2.68 bits per heavy atom. The molecule has 0 radical (unpaired) electrons. The Bertz CT molecular complexity index is 921. The van der Waals surface area contributed by atoms with E-state index in [0.717, 1.165) is 0 Å². The van der Waals surface area contributed by atoms with Gasteiger partial charge in [-0.2, -0.15) is 0 Å². The molecule has 3 aromatic rings. The lowest BCUT2D eigenvalue weighted by Gasteiger charge is -2.04. The van der Waals surface area contributed by atoms with Crippen molar-refractivity contribution < 1.29 is 18.7 Å². The number of thiophene rings is 1. The lowest BCUT2D eigenvalue weighted by molar-refractivity contribution is 0.0740. The van der Waals surface area contributed by atoms with Crippen LogP contribution in [0.5, 0.6) is 5.75 Å². The van der Waals surface area contributed by atoms with E-state index in [-0.39, 0.29) is 22.7 Å². The van der Waals surface area contributed by atoms with Crippen molar-refractivity contribution in [2.24, 2.45) is 0 Å². The molecule has 2 aromatic heterocycles. The summed E-state index contributed by atoms with van der Waals surface area (Å²) in [6.45, 7) is 1.30. The van der Waals surface area contributed by atoms with Gasteiger partial charge in [-0.15, -0.1) is 11.3 Å². The maximum atomic E-state index is 11.9. The average molecular weight is 314 g/mol. The Morgan fingerprint density at radius 2 is 2.00 bits per heavy atom. The van der Waals surface area contributed by atoms with Crippen LogP contribution in [-0.4, -0.2) is 11.8 Å². The number of Topliss-reactive ketones (excluding diaryl/α,β-unsaturated/α-hetero) is 1. The fourth-order valence-corrected chi connectivity index (χ4v) is 2.55. The van der Waals surface area contributed by atoms with E-state index in [1.165, 1.54) is 30.4 Å². The SMILES string of the molecule is CC(=O)c1cc2ccc(OC(=O)c3cccs3)cc2oc1=O. The van der Waals surface area contributed by atoms with Crippen LogP contribution in [0.4, 0.5) is 0 Å². The van der Waals surface area contributed by atoms with Crippen molar-refractivity contribution in [3.05, 3.63) is 62.6 Å². The van der Waals surface area contributed by atoms with Crippen LogP contribution in [-0.2, 0) is 0 Å². The molecule has 0 atom stereocenters. The Balaban J connectivity index is 1.96. The van der Waals surface area contributed by atoms with Crippen molar-refractivity contribution in [3.8, 4) is 5.75 Å². The largest absolute Gasteiger partial charge is 0.422 e. The highest BCUT2D eigenvalue weighted by molar-refractivity contribution is 7.12. The average Bonchev–Trinajstić information content (AvgIpc) is 3.00. The van der Waals surface area contributed by atoms with Crippen molar-refractivity contribution >= 4 is 34.1 Å². The second kappa shape index (κ2) is 5.57. The summed E-state index contributed by atoms with van der Waals surface area (Å²) in [5.74, 6) is -0.564. The normalized spacial score (nSPS) is 10.6. The zero-order valence-corrected chi connectivity index (χ0v) is 12.3. The highest BCUT2D eigenvalue weighted by Crippen LogP contribution is 2.22. The topological polar surface area (TPSA) is 73.6 Å². The summed E-state index contributed by atoms with van der Waals surface area (Å²) >= 11 is 1.28. The first-order valence-corrected chi connectivity index (χ1v) is 7.27. The fourth-order valence-electron chi connectivity index (χ4n) is 1.95. The van der Waals surface area contributed by atoms with E-state index in [1.807, 2.05) is 0 Å². The highest BCUT2D eigenvalue weighted by atomic mass is 32.1. The minimum Gasteiger partial charge on any atom is -0.422 e. The van der Waals surface area contributed by atoms with Crippen LogP contribution in [0, 0.1) is 0 Å². The molecule has 5 nitrogen and oxygen atoms in total. The van der Waals surface area contributed by atoms with Gasteiger partial charge in [0.1, 0.15) is 21.8 Å². The van der Waals surface area contributed by atoms with Crippen LogP contribution in [0.15, 0.2) is 51.0 Å². The Hall–Kier alpha value is -2.73. The van der Waals surface area contributed by atoms with Crippen molar-refractivity contribution in [2.75, 3.05) is 0 Å². The first-order valence-electron chi connectivity index (χ1n) is 6.39. The van der Waals surface area contributed by atoms with Crippen molar-refractivity contribution in [3.63, 3.8) is 0 Å². The molecule has 110 valence electrons. The van der Waals surface area contributed by atoms with Crippen molar-refractivity contribution in [1.82, 2.24) is 0 Å². The molecule has 1 aromatic carbocycles. The Morgan fingerprint density at radius 1 is 1.18 bits per heavy atom. The molecule has 0 aliphatic carbocycles. The summed E-state index contributed by atoms with van der Waals surface area (Å²) in [5, 5.41) is 2.36. The Labute approximate surface area is 128 Å². The zero-order chi connectivity index (χ0) is 15.7. The molecule has 0 N–H and O–H groups in total. The first-order chi connectivity index (χ1) is 10.5. The van der Waals surface area contributed by atoms with Crippen LogP contribution in [0.2, 0.25) is 0 Å². The van der Waals surface area contributed by atoms with Crippen molar-refractivity contribution in [2.45, 2.75) is 6.92 Å². The summed E-state index contributed by atoms with van der Waals surface area (Å²) in [7, 11) is 0. The molecule has 22 heavy (non-hydrogen) atoms. The maximum Gasteiger partial charge on any atom is 0.353 e. The molecule has 0 fully saturated rings. The van der Waals surface area contributed by atoms with E-state index in [0.29, 0.717) is 10.3 Å². The second-order valence-electron chi connectivity index (χ2n) is 4.57. The quantitative estimate of drug-likeness (QED) is 0.321. The maximum absolute atomic E-state index is 11.9. The van der Waals surface area contributed by atoms with Crippen LogP contribution < -0.4 is 10.4 Å². The summed E-state index contributed by atoms with van der Waals surface area (Å²) < 4.78 is 10.3. The molecule has 0 aliphatic heterocycles. The molecule has 0 aliphatic rings. The second-order valence-corrected chi connectivity index (χ2v) is 5.52. The number of ketones is 1. The number of esters is 1. The lowest BCUT2D eigenvalue weighted by Crippen LogP contribution is -2.11. The van der Waals surface area contributed by atoms with Crippen LogP contribution >= 0.6 is 11.3 Å². The van der Waals surface area contributed by atoms with Crippen LogP contribution in [0.25, 0.3) is 11.0 Å². The van der Waals surface area contributed by atoms with Gasteiger partial charge in [-0.3, -0.25) is 4.79 Å². The van der Waals surface area contributed by atoms with E-state index >= 15 is 0 Å². The smallest absolute Gasteiger partial charge is 0.353 e. The van der Waals surface area contributed by atoms with Gasteiger partial charge in [-0.05, 0) is 36.6 Å². The zero-order valence-electron chi connectivity index (χ0n) is 11.5. The monoisotopic (exact) mass is 314 g/mol. The molecule has 0 saturated carbocycles. The van der Waals surface area contributed by atoms with Gasteiger partial charge in [0.25, 0.3) is 0 Å². The third-order valence-corrected chi connectivity index (χ3v) is 3.87. The van der Waals surface area contributed by atoms with Crippen LogP contribution in [0.1, 0.15) is 27.0 Å². The van der Waals surface area contributed by atoms with Gasteiger partial charge in [0.05, 0.1) is 0 Å². The van der Waals surface area contributed by atoms with Gasteiger partial charge in [0.15, 0.2) is 5.78 Å². The molecule has 0 bridgehead atoms. The lowest BCUT2D eigenvalue weighted by atomic mass is 10.1. The standard InChI is InChI=1S/C16H10O5S/c1-9(17)12-7-10-4-5-11(8-13(10)21-15(12)18)20-16(19)14-3-2-6-22-14/h2-8H,1H3. The number of hydrogen-bond acceptors (Lipinski definition) is 6. The van der Waals surface area contributed by atoms with E-state index in [9.17, 15) is 14.4 Å². The van der Waals surface area contributed by atoms with Gasteiger partial charge in [-0.25, -0.2) is 9.59 Å². The van der Waals surface area contributed by atoms with E-state index in [4.69, 9.17) is 9.15 Å². The first kappa shape index (κ1) is 14.2. The number of rotatable bonds is 3. The number of carbonyl (C=O) groups excluding carboxylic acids is 2. The minimum absolute atomic E-state index is 0.00386. The summed E-state index contributed by atoms with van der Waals surface area (Å²) in [5.41, 5.74) is -0.455. The van der Waals surface area contributed by atoms with Gasteiger partial charge in [0.2, 0.25) is 0 Å². The summed E-state index contributed by atoms with van der Waals surface area (Å²) in [6, 6.07) is 9.54. The minimum atomic E-state index is -0.707. The Kier molecular flexibility index (Phi) is 3.60. The molecule has 0 spiro atoms. The highest BCUT2D eigenvalue weighted by Gasteiger charge is 2.12. The predicted molar refractivity (Wildman–Crippen MR) is 81.8 cm³/mol. The molecule has 0 amide bonds. The predicted octanol–water partition coefficient (Wildman–Crippen LogP) is 3.28. The number of fused-ring (bicyclic) bond motifs is 1. The molecular weight excluding hydrogens is 304 g/mol. The molecule has 6 heteroatoms. The van der Waals surface area contributed by atoms with Gasteiger partial charge < -0.3 is 9.15 Å². The fraction of sp³-hybridized carbons (Fsp3) is 0.0625. The van der Waals surface area contributed by atoms with Gasteiger partial charge >= 0.3 is 11.6 Å².